The molecule has 0 saturated heterocycles. The molecule has 1 aromatic heterocycles. The molecule has 2 N–H and O–H groups in total. The fourth-order valence-electron chi connectivity index (χ4n) is 2.85. The molecule has 0 fully saturated rings. The first kappa shape index (κ1) is 24.6. The summed E-state index contributed by atoms with van der Waals surface area (Å²) in [6.07, 6.45) is 0.813. The average molecular weight is 538 g/mol. The molecular weight excluding hydrogens is 510 g/mol. The number of hydrogen-bond acceptors (Lipinski definition) is 4. The number of rotatable bonds is 8. The zero-order chi connectivity index (χ0) is 21.3. The van der Waals surface area contributed by atoms with E-state index in [0.717, 1.165) is 23.8 Å². The number of aryl methyl sites for hydroxylation is 1. The predicted molar refractivity (Wildman–Crippen MR) is 130 cm³/mol. The maximum Gasteiger partial charge on any atom is 0.191 e. The van der Waals surface area contributed by atoms with Crippen LogP contribution >= 0.6 is 24.0 Å². The predicted octanol–water partition coefficient (Wildman–Crippen LogP) is 3.37. The van der Waals surface area contributed by atoms with E-state index < -0.39 is 0 Å². The standard InChI is InChI=1S/C22H27FN6O.HI/c1-16-27-28-21(29(16)2)15-26-22(25-14-18-6-4-5-7-20(18)23)24-13-12-17-8-10-19(30-3)11-9-17;/h4-11H,12-15H2,1-3H3,(H2,24,25,26);1H. The Bertz CT molecular complexity index is 990. The summed E-state index contributed by atoms with van der Waals surface area (Å²) in [7, 11) is 3.57. The van der Waals surface area contributed by atoms with Crippen molar-refractivity contribution >= 4 is 29.9 Å². The molecule has 166 valence electrons. The number of benzene rings is 2. The van der Waals surface area contributed by atoms with Gasteiger partial charge >= 0.3 is 0 Å². The average Bonchev–Trinajstić information content (AvgIpc) is 3.09. The minimum Gasteiger partial charge on any atom is -0.497 e. The van der Waals surface area contributed by atoms with Crippen molar-refractivity contribution in [1.29, 1.82) is 0 Å². The Morgan fingerprint density at radius 2 is 1.84 bits per heavy atom. The number of ether oxygens (including phenoxy) is 1. The van der Waals surface area contributed by atoms with Crippen LogP contribution < -0.4 is 15.4 Å². The summed E-state index contributed by atoms with van der Waals surface area (Å²) in [6.45, 7) is 3.27. The molecule has 0 atom stereocenters. The van der Waals surface area contributed by atoms with E-state index in [2.05, 4.69) is 25.8 Å². The summed E-state index contributed by atoms with van der Waals surface area (Å²) in [5.74, 6) is 2.79. The molecule has 7 nitrogen and oxygen atoms in total. The zero-order valence-corrected chi connectivity index (χ0v) is 20.3. The Labute approximate surface area is 199 Å². The van der Waals surface area contributed by atoms with Gasteiger partial charge in [0.15, 0.2) is 11.8 Å². The summed E-state index contributed by atoms with van der Waals surface area (Å²) in [4.78, 5) is 4.54. The van der Waals surface area contributed by atoms with Crippen molar-refractivity contribution in [3.8, 4) is 5.75 Å². The van der Waals surface area contributed by atoms with Crippen LogP contribution in [-0.4, -0.2) is 34.4 Å². The van der Waals surface area contributed by atoms with Crippen LogP contribution in [0.3, 0.4) is 0 Å². The third-order valence-electron chi connectivity index (χ3n) is 4.83. The lowest BCUT2D eigenvalue weighted by atomic mass is 10.1. The van der Waals surface area contributed by atoms with Gasteiger partial charge in [0.2, 0.25) is 0 Å². The molecule has 3 rings (SSSR count). The maximum atomic E-state index is 13.9. The summed E-state index contributed by atoms with van der Waals surface area (Å²) in [5, 5.41) is 14.8. The van der Waals surface area contributed by atoms with Crippen LogP contribution in [0, 0.1) is 12.7 Å². The highest BCUT2D eigenvalue weighted by molar-refractivity contribution is 14.0. The van der Waals surface area contributed by atoms with E-state index in [1.807, 2.05) is 42.8 Å². The van der Waals surface area contributed by atoms with Crippen molar-refractivity contribution in [2.45, 2.75) is 26.4 Å². The van der Waals surface area contributed by atoms with Crippen molar-refractivity contribution < 1.29 is 9.13 Å². The van der Waals surface area contributed by atoms with E-state index in [-0.39, 0.29) is 36.3 Å². The molecule has 0 amide bonds. The largest absolute Gasteiger partial charge is 0.497 e. The van der Waals surface area contributed by atoms with Crippen LogP contribution in [0.4, 0.5) is 4.39 Å². The summed E-state index contributed by atoms with van der Waals surface area (Å²) < 4.78 is 21.0. The maximum absolute atomic E-state index is 13.9. The van der Waals surface area contributed by atoms with E-state index in [1.165, 1.54) is 11.6 Å². The van der Waals surface area contributed by atoms with Gasteiger partial charge in [-0.2, -0.15) is 0 Å². The molecule has 1 heterocycles. The van der Waals surface area contributed by atoms with E-state index in [0.29, 0.717) is 24.6 Å². The van der Waals surface area contributed by atoms with Gasteiger partial charge in [0.25, 0.3) is 0 Å². The topological polar surface area (TPSA) is 76.4 Å². The molecule has 0 spiro atoms. The van der Waals surface area contributed by atoms with E-state index in [9.17, 15) is 4.39 Å². The highest BCUT2D eigenvalue weighted by Crippen LogP contribution is 2.11. The Balaban J connectivity index is 0.00000341. The number of aliphatic imine (C=N–C) groups is 1. The van der Waals surface area contributed by atoms with E-state index in [4.69, 9.17) is 4.74 Å². The summed E-state index contributed by atoms with van der Waals surface area (Å²) in [6, 6.07) is 14.6. The Kier molecular flexibility index (Phi) is 9.70. The summed E-state index contributed by atoms with van der Waals surface area (Å²) >= 11 is 0. The van der Waals surface area contributed by atoms with Crippen molar-refractivity contribution in [3.63, 3.8) is 0 Å². The van der Waals surface area contributed by atoms with Crippen LogP contribution in [-0.2, 0) is 26.6 Å². The molecule has 0 unspecified atom stereocenters. The Hall–Kier alpha value is -2.69. The first-order valence-corrected chi connectivity index (χ1v) is 9.80. The van der Waals surface area contributed by atoms with Gasteiger partial charge in [-0.3, -0.25) is 0 Å². The van der Waals surface area contributed by atoms with Gasteiger partial charge in [-0.15, -0.1) is 34.2 Å². The van der Waals surface area contributed by atoms with Crippen LogP contribution in [0.5, 0.6) is 5.75 Å². The number of nitrogens with one attached hydrogen (secondary N) is 2. The fraction of sp³-hybridized carbons (Fsp3) is 0.318. The lowest BCUT2D eigenvalue weighted by Crippen LogP contribution is -2.38. The minimum atomic E-state index is -0.261. The van der Waals surface area contributed by atoms with Gasteiger partial charge in [0, 0.05) is 19.2 Å². The van der Waals surface area contributed by atoms with Gasteiger partial charge in [0.1, 0.15) is 17.4 Å². The third-order valence-corrected chi connectivity index (χ3v) is 4.83. The van der Waals surface area contributed by atoms with Gasteiger partial charge in [-0.25, -0.2) is 9.38 Å². The van der Waals surface area contributed by atoms with Gasteiger partial charge in [0.05, 0.1) is 20.2 Å². The summed E-state index contributed by atoms with van der Waals surface area (Å²) in [5.41, 5.74) is 1.73. The highest BCUT2D eigenvalue weighted by atomic mass is 127. The van der Waals surface area contributed by atoms with E-state index in [1.54, 1.807) is 25.3 Å². The molecule has 31 heavy (non-hydrogen) atoms. The number of guanidine groups is 1. The molecule has 0 aliphatic rings. The van der Waals surface area contributed by atoms with Gasteiger partial charge < -0.3 is 19.9 Å². The number of methoxy groups -OCH3 is 1. The monoisotopic (exact) mass is 538 g/mol. The molecule has 3 aromatic rings. The SMILES string of the molecule is COc1ccc(CCNC(=NCc2ccccc2F)NCc2nnc(C)n2C)cc1.I. The number of hydrogen-bond donors (Lipinski definition) is 2. The van der Waals surface area contributed by atoms with Crippen molar-refractivity contribution in [2.75, 3.05) is 13.7 Å². The second-order valence-corrected chi connectivity index (χ2v) is 6.86. The molecular formula is C22H28FIN6O. The van der Waals surface area contributed by atoms with Crippen LogP contribution in [0.25, 0.3) is 0 Å². The number of halogens is 2. The van der Waals surface area contributed by atoms with Crippen molar-refractivity contribution in [3.05, 3.63) is 77.1 Å². The Morgan fingerprint density at radius 1 is 1.10 bits per heavy atom. The van der Waals surface area contributed by atoms with E-state index >= 15 is 0 Å². The fourth-order valence-corrected chi connectivity index (χ4v) is 2.85. The first-order chi connectivity index (χ1) is 14.6. The highest BCUT2D eigenvalue weighted by Gasteiger charge is 2.07. The van der Waals surface area contributed by atoms with Crippen LogP contribution in [0.1, 0.15) is 22.8 Å². The van der Waals surface area contributed by atoms with Gasteiger partial charge in [-0.1, -0.05) is 30.3 Å². The van der Waals surface area contributed by atoms with Crippen LogP contribution in [0.2, 0.25) is 0 Å². The lowest BCUT2D eigenvalue weighted by molar-refractivity contribution is 0.414. The molecule has 0 aliphatic heterocycles. The molecule has 2 aromatic carbocycles. The minimum absolute atomic E-state index is 0. The molecule has 0 bridgehead atoms. The molecule has 9 heteroatoms. The lowest BCUT2D eigenvalue weighted by Gasteiger charge is -2.13. The second-order valence-electron chi connectivity index (χ2n) is 6.86. The van der Waals surface area contributed by atoms with Gasteiger partial charge in [-0.05, 0) is 37.1 Å². The molecule has 0 radical (unpaired) electrons. The van der Waals surface area contributed by atoms with Crippen LogP contribution in [0.15, 0.2) is 53.5 Å². The quantitative estimate of drug-likeness (QED) is 0.262. The zero-order valence-electron chi connectivity index (χ0n) is 17.9. The Morgan fingerprint density at radius 3 is 2.48 bits per heavy atom. The smallest absolute Gasteiger partial charge is 0.191 e. The van der Waals surface area contributed by atoms with Crippen molar-refractivity contribution in [2.24, 2.45) is 12.0 Å². The normalized spacial score (nSPS) is 11.0. The third kappa shape index (κ3) is 7.20. The second kappa shape index (κ2) is 12.2. The molecule has 0 aliphatic carbocycles. The number of nitrogens with zero attached hydrogens (tertiary/aromatic N) is 4. The number of aromatic nitrogens is 3. The van der Waals surface area contributed by atoms with Crippen molar-refractivity contribution in [1.82, 2.24) is 25.4 Å². The molecule has 0 saturated carbocycles. The first-order valence-electron chi connectivity index (χ1n) is 9.80.